The molecule has 0 bridgehead atoms. The smallest absolute Gasteiger partial charge is 0.222 e. The minimum Gasteiger partial charge on any atom is -0.349 e. The Morgan fingerprint density at radius 2 is 2.25 bits per heavy atom. The van der Waals surface area contributed by atoms with E-state index in [1.807, 2.05) is 29.1 Å². The molecule has 1 amide bonds. The number of hydrogen-bond acceptors (Lipinski definition) is 5. The number of amides is 1. The maximum atomic E-state index is 11.5. The molecule has 2 heterocycles. The summed E-state index contributed by atoms with van der Waals surface area (Å²) < 4.78 is 2.00. The van der Waals surface area contributed by atoms with Crippen LogP contribution in [0.2, 0.25) is 0 Å². The van der Waals surface area contributed by atoms with Crippen molar-refractivity contribution in [3.8, 4) is 10.7 Å². The van der Waals surface area contributed by atoms with E-state index in [-0.39, 0.29) is 5.91 Å². The van der Waals surface area contributed by atoms with Crippen LogP contribution in [0.4, 0.5) is 0 Å². The lowest BCUT2D eigenvalue weighted by Crippen LogP contribution is -2.21. The van der Waals surface area contributed by atoms with Gasteiger partial charge < -0.3 is 9.47 Å². The quantitative estimate of drug-likeness (QED) is 0.607. The molecule has 0 radical (unpaired) electrons. The number of hydrogen-bond donors (Lipinski definition) is 0. The number of thiophene rings is 1. The summed E-state index contributed by atoms with van der Waals surface area (Å²) in [6.07, 6.45) is 1.43. The standard InChI is InChI=1S/C13H18N4OS2/c1-16(2)11(18)7-5-9-20-13-15-14-12(17(13)3)10-6-4-8-19-10/h4,6,8H,5,7,9H2,1-3H3. The van der Waals surface area contributed by atoms with Crippen LogP contribution in [0.5, 0.6) is 0 Å². The van der Waals surface area contributed by atoms with Gasteiger partial charge in [0, 0.05) is 33.3 Å². The van der Waals surface area contributed by atoms with Crippen LogP contribution < -0.4 is 0 Å². The summed E-state index contributed by atoms with van der Waals surface area (Å²) in [5.41, 5.74) is 0. The molecule has 2 rings (SSSR count). The van der Waals surface area contributed by atoms with Gasteiger partial charge in [-0.3, -0.25) is 4.79 Å². The van der Waals surface area contributed by atoms with Crippen LogP contribution in [0.15, 0.2) is 22.7 Å². The summed E-state index contributed by atoms with van der Waals surface area (Å²) in [6.45, 7) is 0. The zero-order chi connectivity index (χ0) is 14.5. The first-order valence-corrected chi connectivity index (χ1v) is 8.22. The van der Waals surface area contributed by atoms with Crippen LogP contribution in [-0.2, 0) is 11.8 Å². The summed E-state index contributed by atoms with van der Waals surface area (Å²) in [7, 11) is 5.54. The van der Waals surface area contributed by atoms with Gasteiger partial charge in [0.1, 0.15) is 0 Å². The number of carbonyl (C=O) groups excluding carboxylic acids is 1. The van der Waals surface area contributed by atoms with Crippen LogP contribution in [0, 0.1) is 0 Å². The monoisotopic (exact) mass is 310 g/mol. The summed E-state index contributed by atoms with van der Waals surface area (Å²) >= 11 is 3.30. The van der Waals surface area contributed by atoms with Crippen molar-refractivity contribution in [1.82, 2.24) is 19.7 Å². The highest BCUT2D eigenvalue weighted by atomic mass is 32.2. The van der Waals surface area contributed by atoms with Gasteiger partial charge in [0.2, 0.25) is 5.91 Å². The van der Waals surface area contributed by atoms with E-state index in [1.165, 1.54) is 0 Å². The molecule has 20 heavy (non-hydrogen) atoms. The Kier molecular flexibility index (Phi) is 5.19. The number of carbonyl (C=O) groups is 1. The van der Waals surface area contributed by atoms with Crippen molar-refractivity contribution in [3.63, 3.8) is 0 Å². The molecule has 0 N–H and O–H groups in total. The summed E-state index contributed by atoms with van der Waals surface area (Å²) in [6, 6.07) is 4.05. The highest BCUT2D eigenvalue weighted by Gasteiger charge is 2.12. The fourth-order valence-electron chi connectivity index (χ4n) is 1.67. The molecule has 0 aliphatic heterocycles. The van der Waals surface area contributed by atoms with Gasteiger partial charge in [-0.1, -0.05) is 17.8 Å². The van der Waals surface area contributed by atoms with Crippen LogP contribution in [-0.4, -0.2) is 45.4 Å². The van der Waals surface area contributed by atoms with Gasteiger partial charge in [-0.05, 0) is 17.9 Å². The molecule has 0 unspecified atom stereocenters. The van der Waals surface area contributed by atoms with Crippen molar-refractivity contribution < 1.29 is 4.79 Å². The molecule has 0 fully saturated rings. The maximum Gasteiger partial charge on any atom is 0.222 e. The minimum atomic E-state index is 0.169. The van der Waals surface area contributed by atoms with E-state index in [2.05, 4.69) is 10.2 Å². The third-order valence-corrected chi connectivity index (χ3v) is 4.81. The predicted octanol–water partition coefficient (Wildman–Crippen LogP) is 2.50. The van der Waals surface area contributed by atoms with Gasteiger partial charge in [-0.2, -0.15) is 0 Å². The zero-order valence-corrected chi connectivity index (χ0v) is 13.5. The molecule has 2 aromatic rings. The van der Waals surface area contributed by atoms with Gasteiger partial charge in [0.05, 0.1) is 4.88 Å². The van der Waals surface area contributed by atoms with E-state index in [0.29, 0.717) is 6.42 Å². The fraction of sp³-hybridized carbons (Fsp3) is 0.462. The largest absolute Gasteiger partial charge is 0.349 e. The Bertz CT molecular complexity index is 563. The normalized spacial score (nSPS) is 10.8. The average Bonchev–Trinajstić information content (AvgIpc) is 3.04. The topological polar surface area (TPSA) is 51.0 Å². The predicted molar refractivity (Wildman–Crippen MR) is 83.0 cm³/mol. The molecule has 0 saturated heterocycles. The van der Waals surface area contributed by atoms with Gasteiger partial charge in [0.25, 0.3) is 0 Å². The molecular formula is C13H18N4OS2. The molecule has 108 valence electrons. The molecule has 0 atom stereocenters. The van der Waals surface area contributed by atoms with Crippen LogP contribution in [0.3, 0.4) is 0 Å². The lowest BCUT2D eigenvalue weighted by Gasteiger charge is -2.09. The first-order chi connectivity index (χ1) is 9.59. The Morgan fingerprint density at radius 3 is 2.90 bits per heavy atom. The molecule has 7 heteroatoms. The lowest BCUT2D eigenvalue weighted by atomic mass is 10.3. The van der Waals surface area contributed by atoms with E-state index in [9.17, 15) is 4.79 Å². The van der Waals surface area contributed by atoms with Crippen LogP contribution >= 0.6 is 23.1 Å². The molecule has 0 spiro atoms. The van der Waals surface area contributed by atoms with Crippen LogP contribution in [0.1, 0.15) is 12.8 Å². The van der Waals surface area contributed by atoms with Crippen molar-refractivity contribution in [2.24, 2.45) is 7.05 Å². The van der Waals surface area contributed by atoms with Crippen molar-refractivity contribution in [2.75, 3.05) is 19.8 Å². The zero-order valence-electron chi connectivity index (χ0n) is 11.9. The first kappa shape index (κ1) is 15.1. The molecule has 5 nitrogen and oxygen atoms in total. The number of aromatic nitrogens is 3. The molecule has 2 aromatic heterocycles. The molecule has 0 aliphatic rings. The summed E-state index contributed by atoms with van der Waals surface area (Å²) in [4.78, 5) is 14.2. The van der Waals surface area contributed by atoms with E-state index in [0.717, 1.165) is 28.0 Å². The van der Waals surface area contributed by atoms with Gasteiger partial charge in [-0.15, -0.1) is 21.5 Å². The van der Waals surface area contributed by atoms with E-state index in [4.69, 9.17) is 0 Å². The van der Waals surface area contributed by atoms with Crippen molar-refractivity contribution in [2.45, 2.75) is 18.0 Å². The van der Waals surface area contributed by atoms with Crippen LogP contribution in [0.25, 0.3) is 10.7 Å². The third-order valence-electron chi connectivity index (χ3n) is 2.84. The van der Waals surface area contributed by atoms with E-state index in [1.54, 1.807) is 42.1 Å². The first-order valence-electron chi connectivity index (χ1n) is 6.36. The SMILES string of the molecule is CN(C)C(=O)CCCSc1nnc(-c2cccs2)n1C. The van der Waals surface area contributed by atoms with Gasteiger partial charge in [-0.25, -0.2) is 0 Å². The Morgan fingerprint density at radius 1 is 1.45 bits per heavy atom. The summed E-state index contributed by atoms with van der Waals surface area (Å²) in [5.74, 6) is 1.94. The number of nitrogens with zero attached hydrogens (tertiary/aromatic N) is 4. The molecule has 0 aliphatic carbocycles. The Hall–Kier alpha value is -1.34. The maximum absolute atomic E-state index is 11.5. The third kappa shape index (κ3) is 3.61. The lowest BCUT2D eigenvalue weighted by molar-refractivity contribution is -0.128. The average molecular weight is 310 g/mol. The van der Waals surface area contributed by atoms with Crippen molar-refractivity contribution in [3.05, 3.63) is 17.5 Å². The van der Waals surface area contributed by atoms with Crippen molar-refractivity contribution in [1.29, 1.82) is 0 Å². The van der Waals surface area contributed by atoms with E-state index < -0.39 is 0 Å². The van der Waals surface area contributed by atoms with E-state index >= 15 is 0 Å². The molecule has 0 aromatic carbocycles. The molecular weight excluding hydrogens is 292 g/mol. The Balaban J connectivity index is 1.87. The number of thioether (sulfide) groups is 1. The second-order valence-corrected chi connectivity index (χ2v) is 6.59. The Labute approximate surface area is 127 Å². The highest BCUT2D eigenvalue weighted by molar-refractivity contribution is 7.99. The minimum absolute atomic E-state index is 0.169. The van der Waals surface area contributed by atoms with Gasteiger partial charge in [0.15, 0.2) is 11.0 Å². The fourth-order valence-corrected chi connectivity index (χ4v) is 3.27. The second kappa shape index (κ2) is 6.90. The van der Waals surface area contributed by atoms with Gasteiger partial charge >= 0.3 is 0 Å². The highest BCUT2D eigenvalue weighted by Crippen LogP contribution is 2.26. The number of rotatable bonds is 6. The molecule has 0 saturated carbocycles. The second-order valence-electron chi connectivity index (χ2n) is 4.58. The summed E-state index contributed by atoms with van der Waals surface area (Å²) in [5, 5.41) is 11.4. The van der Waals surface area contributed by atoms with Crippen molar-refractivity contribution >= 4 is 29.0 Å².